The number of ketones is 1. The zero-order valence-corrected chi connectivity index (χ0v) is 11.2. The summed E-state index contributed by atoms with van der Waals surface area (Å²) < 4.78 is 0. The van der Waals surface area contributed by atoms with Gasteiger partial charge < -0.3 is 0 Å². The number of benzene rings is 1. The molecule has 92 valence electrons. The van der Waals surface area contributed by atoms with Crippen LogP contribution in [-0.2, 0) is 11.2 Å². The minimum absolute atomic E-state index is 0.165. The summed E-state index contributed by atoms with van der Waals surface area (Å²) in [4.78, 5) is 16.9. The Morgan fingerprint density at radius 2 is 2.11 bits per heavy atom. The number of hydrogen-bond donors (Lipinski definition) is 0. The monoisotopic (exact) mass is 277 g/mol. The van der Waals surface area contributed by atoms with Crippen LogP contribution in [0.1, 0.15) is 5.69 Å². The number of halogens is 1. The van der Waals surface area contributed by atoms with Gasteiger partial charge in [-0.2, -0.15) is 0 Å². The fraction of sp³-hybridized carbons (Fsp3) is 0.143. The molecule has 0 aliphatic rings. The molecule has 1 aromatic carbocycles. The smallest absolute Gasteiger partial charge is 0.149 e. The minimum atomic E-state index is 0.165. The molecule has 0 bridgehead atoms. The maximum Gasteiger partial charge on any atom is 0.149 e. The van der Waals surface area contributed by atoms with E-state index in [1.165, 1.54) is 11.8 Å². The summed E-state index contributed by atoms with van der Waals surface area (Å²) in [6.45, 7) is 0. The van der Waals surface area contributed by atoms with E-state index in [1.54, 1.807) is 6.20 Å². The van der Waals surface area contributed by atoms with Crippen molar-refractivity contribution in [3.05, 3.63) is 59.4 Å². The number of hydrogen-bond acceptors (Lipinski definition) is 3. The highest BCUT2D eigenvalue weighted by molar-refractivity contribution is 8.00. The maximum absolute atomic E-state index is 11.8. The molecule has 0 saturated heterocycles. The molecule has 0 aliphatic heterocycles. The number of carbonyl (C=O) groups is 1. The highest BCUT2D eigenvalue weighted by Gasteiger charge is 2.05. The molecule has 0 saturated carbocycles. The molecule has 0 amide bonds. The number of carbonyl (C=O) groups excluding carboxylic acids is 1. The molecule has 0 unspecified atom stereocenters. The van der Waals surface area contributed by atoms with Crippen LogP contribution in [0.5, 0.6) is 0 Å². The van der Waals surface area contributed by atoms with Gasteiger partial charge in [0, 0.05) is 28.2 Å². The lowest BCUT2D eigenvalue weighted by molar-refractivity contribution is -0.116. The third-order valence-electron chi connectivity index (χ3n) is 2.30. The van der Waals surface area contributed by atoms with E-state index in [0.717, 1.165) is 10.6 Å². The second-order valence-electron chi connectivity index (χ2n) is 3.78. The summed E-state index contributed by atoms with van der Waals surface area (Å²) in [6.07, 6.45) is 2.08. The van der Waals surface area contributed by atoms with E-state index >= 15 is 0 Å². The van der Waals surface area contributed by atoms with Crippen LogP contribution in [0.15, 0.2) is 53.6 Å². The van der Waals surface area contributed by atoms with Crippen molar-refractivity contribution in [1.82, 2.24) is 4.98 Å². The van der Waals surface area contributed by atoms with Gasteiger partial charge in [-0.1, -0.05) is 23.7 Å². The number of Topliss-reactive ketones (excluding diaryl/α,β-unsaturated/α-hetero) is 1. The summed E-state index contributed by atoms with van der Waals surface area (Å²) >= 11 is 7.38. The van der Waals surface area contributed by atoms with Gasteiger partial charge in [-0.15, -0.1) is 11.8 Å². The van der Waals surface area contributed by atoms with Crippen molar-refractivity contribution in [2.24, 2.45) is 0 Å². The molecule has 0 fully saturated rings. The Hall–Kier alpha value is -1.32. The molecular weight excluding hydrogens is 266 g/mol. The van der Waals surface area contributed by atoms with Crippen LogP contribution >= 0.6 is 23.4 Å². The lowest BCUT2D eigenvalue weighted by Crippen LogP contribution is -2.06. The molecule has 1 aromatic heterocycles. The second-order valence-corrected chi connectivity index (χ2v) is 5.27. The van der Waals surface area contributed by atoms with Crippen molar-refractivity contribution in [1.29, 1.82) is 0 Å². The first-order valence-electron chi connectivity index (χ1n) is 5.54. The predicted molar refractivity (Wildman–Crippen MR) is 75.1 cm³/mol. The quantitative estimate of drug-likeness (QED) is 0.782. The summed E-state index contributed by atoms with van der Waals surface area (Å²) in [7, 11) is 0. The van der Waals surface area contributed by atoms with Gasteiger partial charge in [-0.05, 0) is 30.3 Å². The van der Waals surface area contributed by atoms with Gasteiger partial charge in [0.2, 0.25) is 0 Å². The van der Waals surface area contributed by atoms with E-state index < -0.39 is 0 Å². The molecule has 0 radical (unpaired) electrons. The Morgan fingerprint density at radius 3 is 2.83 bits per heavy atom. The van der Waals surface area contributed by atoms with E-state index in [2.05, 4.69) is 4.98 Å². The number of thioether (sulfide) groups is 1. The Balaban J connectivity index is 1.85. The van der Waals surface area contributed by atoms with Gasteiger partial charge >= 0.3 is 0 Å². The first-order valence-corrected chi connectivity index (χ1v) is 6.90. The molecule has 2 aromatic rings. The van der Waals surface area contributed by atoms with Crippen molar-refractivity contribution < 1.29 is 4.79 Å². The number of aromatic nitrogens is 1. The molecule has 2 rings (SSSR count). The topological polar surface area (TPSA) is 30.0 Å². The van der Waals surface area contributed by atoms with Gasteiger partial charge in [0.05, 0.1) is 5.75 Å². The highest BCUT2D eigenvalue weighted by atomic mass is 35.5. The average Bonchev–Trinajstić information content (AvgIpc) is 2.38. The van der Waals surface area contributed by atoms with Crippen LogP contribution in [0, 0.1) is 0 Å². The van der Waals surface area contributed by atoms with Gasteiger partial charge in [0.1, 0.15) is 5.78 Å². The first kappa shape index (κ1) is 13.1. The highest BCUT2D eigenvalue weighted by Crippen LogP contribution is 2.21. The van der Waals surface area contributed by atoms with Crippen LogP contribution in [0.25, 0.3) is 0 Å². The first-order chi connectivity index (χ1) is 8.74. The van der Waals surface area contributed by atoms with Crippen molar-refractivity contribution >= 4 is 29.1 Å². The second kappa shape index (κ2) is 6.57. The molecule has 1 heterocycles. The standard InChI is InChI=1S/C14H12ClNOS/c15-11-4-3-6-14(8-11)18-10-13(17)9-12-5-1-2-7-16-12/h1-8H,9-10H2. The lowest BCUT2D eigenvalue weighted by atomic mass is 10.2. The third-order valence-corrected chi connectivity index (χ3v) is 3.59. The molecule has 2 nitrogen and oxygen atoms in total. The molecule has 18 heavy (non-hydrogen) atoms. The fourth-order valence-corrected chi connectivity index (χ4v) is 2.55. The Kier molecular flexibility index (Phi) is 4.79. The van der Waals surface area contributed by atoms with Crippen LogP contribution in [0.2, 0.25) is 5.02 Å². The third kappa shape index (κ3) is 4.17. The number of pyridine rings is 1. The molecule has 0 aliphatic carbocycles. The van der Waals surface area contributed by atoms with Gasteiger partial charge in [0.15, 0.2) is 0 Å². The Bertz CT molecular complexity index is 530. The molecule has 0 spiro atoms. The van der Waals surface area contributed by atoms with Crippen LogP contribution in [0.4, 0.5) is 0 Å². The van der Waals surface area contributed by atoms with Gasteiger partial charge in [-0.3, -0.25) is 9.78 Å². The minimum Gasteiger partial charge on any atom is -0.298 e. The lowest BCUT2D eigenvalue weighted by Gasteiger charge is -2.02. The summed E-state index contributed by atoms with van der Waals surface area (Å²) in [5.74, 6) is 0.607. The molecule has 0 atom stereocenters. The number of rotatable bonds is 5. The van der Waals surface area contributed by atoms with Gasteiger partial charge in [0.25, 0.3) is 0 Å². The van der Waals surface area contributed by atoms with Crippen molar-refractivity contribution in [3.63, 3.8) is 0 Å². The van der Waals surface area contributed by atoms with Crippen molar-refractivity contribution in [3.8, 4) is 0 Å². The molecule has 4 heteroatoms. The van der Waals surface area contributed by atoms with Gasteiger partial charge in [-0.25, -0.2) is 0 Å². The van der Waals surface area contributed by atoms with Crippen LogP contribution < -0.4 is 0 Å². The van der Waals surface area contributed by atoms with Crippen molar-refractivity contribution in [2.45, 2.75) is 11.3 Å². The maximum atomic E-state index is 11.8. The summed E-state index contributed by atoms with van der Waals surface area (Å²) in [6, 6.07) is 13.1. The Labute approximate surface area is 115 Å². The van der Waals surface area contributed by atoms with Crippen LogP contribution in [-0.4, -0.2) is 16.5 Å². The SMILES string of the molecule is O=C(CSc1cccc(Cl)c1)Cc1ccccn1. The molecular formula is C14H12ClNOS. The Morgan fingerprint density at radius 1 is 1.22 bits per heavy atom. The molecule has 0 N–H and O–H groups in total. The normalized spacial score (nSPS) is 10.3. The summed E-state index contributed by atoms with van der Waals surface area (Å²) in [5.41, 5.74) is 0.814. The number of nitrogens with zero attached hydrogens (tertiary/aromatic N) is 1. The summed E-state index contributed by atoms with van der Waals surface area (Å²) in [5, 5.41) is 0.692. The predicted octanol–water partition coefficient (Wildman–Crippen LogP) is 3.64. The van der Waals surface area contributed by atoms with E-state index in [9.17, 15) is 4.79 Å². The average molecular weight is 278 g/mol. The largest absolute Gasteiger partial charge is 0.298 e. The van der Waals surface area contributed by atoms with E-state index in [0.29, 0.717) is 17.2 Å². The van der Waals surface area contributed by atoms with E-state index in [4.69, 9.17) is 11.6 Å². The van der Waals surface area contributed by atoms with E-state index in [1.807, 2.05) is 42.5 Å². The van der Waals surface area contributed by atoms with E-state index in [-0.39, 0.29) is 5.78 Å². The zero-order valence-electron chi connectivity index (χ0n) is 9.67. The zero-order chi connectivity index (χ0) is 12.8. The van der Waals surface area contributed by atoms with Crippen LogP contribution in [0.3, 0.4) is 0 Å². The van der Waals surface area contributed by atoms with Crippen molar-refractivity contribution in [2.75, 3.05) is 5.75 Å². The fourth-order valence-electron chi connectivity index (χ4n) is 1.48.